The van der Waals surface area contributed by atoms with E-state index >= 15 is 0 Å². The largest absolute Gasteiger partial charge is 0.478 e. The normalized spacial score (nSPS) is 13.6. The summed E-state index contributed by atoms with van der Waals surface area (Å²) in [6.45, 7) is 6.30. The molecular formula is C20H22N2O3. The van der Waals surface area contributed by atoms with Gasteiger partial charge in [0.15, 0.2) is 0 Å². The summed E-state index contributed by atoms with van der Waals surface area (Å²) >= 11 is 0. The molecule has 5 nitrogen and oxygen atoms in total. The van der Waals surface area contributed by atoms with Gasteiger partial charge < -0.3 is 10.0 Å². The lowest BCUT2D eigenvalue weighted by atomic mass is 10.1. The predicted molar refractivity (Wildman–Crippen MR) is 94.7 cm³/mol. The quantitative estimate of drug-likeness (QED) is 0.905. The van der Waals surface area contributed by atoms with Crippen LogP contribution in [0.4, 0.5) is 0 Å². The van der Waals surface area contributed by atoms with Crippen LogP contribution in [0.15, 0.2) is 30.3 Å². The van der Waals surface area contributed by atoms with Crippen LogP contribution in [0.2, 0.25) is 0 Å². The average Bonchev–Trinajstić information content (AvgIpc) is 3.39. The maximum Gasteiger partial charge on any atom is 0.337 e. The lowest BCUT2D eigenvalue weighted by molar-refractivity contribution is 0.0688. The zero-order valence-corrected chi connectivity index (χ0v) is 14.7. The molecule has 1 N–H and O–H groups in total. The second kappa shape index (κ2) is 6.67. The zero-order chi connectivity index (χ0) is 18.1. The van der Waals surface area contributed by atoms with E-state index in [1.165, 1.54) is 23.3 Å². The molecule has 0 unspecified atom stereocenters. The number of carboxylic acid groups (broad SMARTS) is 1. The molecule has 0 saturated heterocycles. The average molecular weight is 338 g/mol. The minimum Gasteiger partial charge on any atom is -0.478 e. The molecule has 0 bridgehead atoms. The van der Waals surface area contributed by atoms with Crippen molar-refractivity contribution < 1.29 is 14.7 Å². The third-order valence-electron chi connectivity index (χ3n) is 4.71. The number of aromatic nitrogens is 1. The number of carbonyl (C=O) groups is 2. The van der Waals surface area contributed by atoms with Gasteiger partial charge in [0.1, 0.15) is 5.69 Å². The van der Waals surface area contributed by atoms with Gasteiger partial charge in [0.25, 0.3) is 5.91 Å². The Bertz CT molecular complexity index is 841. The first-order valence-electron chi connectivity index (χ1n) is 8.45. The molecule has 3 rings (SSSR count). The van der Waals surface area contributed by atoms with E-state index in [-0.39, 0.29) is 17.5 Å². The summed E-state index contributed by atoms with van der Waals surface area (Å²) in [5.74, 6) is -1.17. The lowest BCUT2D eigenvalue weighted by Gasteiger charge is -2.23. The van der Waals surface area contributed by atoms with Crippen LogP contribution in [0.5, 0.6) is 0 Å². The standard InChI is InChI=1S/C20H22N2O3/c1-12-4-5-15(10-13(12)2)11-22(16-6-7-16)19(23)18-9-8-17(20(24)25)14(3)21-18/h4-5,8-10,16H,6-7,11H2,1-3H3,(H,24,25). The first-order chi connectivity index (χ1) is 11.9. The Hall–Kier alpha value is -2.69. The first kappa shape index (κ1) is 17.1. The summed E-state index contributed by atoms with van der Waals surface area (Å²) in [4.78, 5) is 30.1. The van der Waals surface area contributed by atoms with Crippen molar-refractivity contribution in [2.45, 2.75) is 46.2 Å². The van der Waals surface area contributed by atoms with Gasteiger partial charge in [0.05, 0.1) is 11.3 Å². The Morgan fingerprint density at radius 1 is 1.12 bits per heavy atom. The van der Waals surface area contributed by atoms with E-state index < -0.39 is 5.97 Å². The minimum absolute atomic E-state index is 0.128. The number of hydrogen-bond acceptors (Lipinski definition) is 3. The molecular weight excluding hydrogens is 316 g/mol. The Kier molecular flexibility index (Phi) is 4.57. The third kappa shape index (κ3) is 3.71. The van der Waals surface area contributed by atoms with Gasteiger partial charge in [-0.05, 0) is 62.4 Å². The summed E-state index contributed by atoms with van der Waals surface area (Å²) in [7, 11) is 0. The van der Waals surface area contributed by atoms with Crippen molar-refractivity contribution in [3.63, 3.8) is 0 Å². The highest BCUT2D eigenvalue weighted by atomic mass is 16.4. The SMILES string of the molecule is Cc1ccc(CN(C(=O)c2ccc(C(=O)O)c(C)n2)C2CC2)cc1C. The van der Waals surface area contributed by atoms with Crippen LogP contribution >= 0.6 is 0 Å². The number of nitrogens with zero attached hydrogens (tertiary/aromatic N) is 2. The number of benzene rings is 1. The van der Waals surface area contributed by atoms with E-state index in [1.807, 2.05) is 4.90 Å². The van der Waals surface area contributed by atoms with Crippen molar-refractivity contribution in [1.82, 2.24) is 9.88 Å². The number of aryl methyl sites for hydroxylation is 3. The molecule has 25 heavy (non-hydrogen) atoms. The molecule has 1 aromatic heterocycles. The summed E-state index contributed by atoms with van der Waals surface area (Å²) in [6.07, 6.45) is 2.01. The number of hydrogen-bond donors (Lipinski definition) is 1. The molecule has 0 aliphatic heterocycles. The maximum atomic E-state index is 12.9. The zero-order valence-electron chi connectivity index (χ0n) is 14.7. The molecule has 1 aliphatic rings. The van der Waals surface area contributed by atoms with Crippen LogP contribution in [0, 0.1) is 20.8 Å². The molecule has 0 radical (unpaired) electrons. The maximum absolute atomic E-state index is 12.9. The van der Waals surface area contributed by atoms with Gasteiger partial charge in [-0.3, -0.25) is 4.79 Å². The van der Waals surface area contributed by atoms with Gasteiger partial charge >= 0.3 is 5.97 Å². The molecule has 1 amide bonds. The van der Waals surface area contributed by atoms with Gasteiger partial charge in [-0.1, -0.05) is 18.2 Å². The van der Waals surface area contributed by atoms with Gasteiger partial charge in [0, 0.05) is 12.6 Å². The fourth-order valence-corrected chi connectivity index (χ4v) is 2.90. The van der Waals surface area contributed by atoms with Crippen molar-refractivity contribution in [3.05, 3.63) is 64.0 Å². The highest BCUT2D eigenvalue weighted by Gasteiger charge is 2.33. The first-order valence-corrected chi connectivity index (χ1v) is 8.45. The Balaban J connectivity index is 1.85. The fraction of sp³-hybridized carbons (Fsp3) is 0.350. The van der Waals surface area contributed by atoms with E-state index in [2.05, 4.69) is 37.0 Å². The van der Waals surface area contributed by atoms with Gasteiger partial charge in [-0.2, -0.15) is 0 Å². The predicted octanol–water partition coefficient (Wildman–Crippen LogP) is 3.51. The van der Waals surface area contributed by atoms with E-state index in [4.69, 9.17) is 5.11 Å². The van der Waals surface area contributed by atoms with Crippen LogP contribution < -0.4 is 0 Å². The van der Waals surface area contributed by atoms with Crippen LogP contribution in [0.1, 0.15) is 56.1 Å². The molecule has 1 saturated carbocycles. The second-order valence-electron chi connectivity index (χ2n) is 6.72. The number of carboxylic acids is 1. The van der Waals surface area contributed by atoms with Gasteiger partial charge in [-0.15, -0.1) is 0 Å². The van der Waals surface area contributed by atoms with E-state index in [0.29, 0.717) is 17.9 Å². The van der Waals surface area contributed by atoms with Crippen LogP contribution in [0.3, 0.4) is 0 Å². The number of pyridine rings is 1. The highest BCUT2D eigenvalue weighted by molar-refractivity contribution is 5.94. The lowest BCUT2D eigenvalue weighted by Crippen LogP contribution is -2.33. The van der Waals surface area contributed by atoms with Crippen LogP contribution in [0.25, 0.3) is 0 Å². The van der Waals surface area contributed by atoms with Crippen molar-refractivity contribution in [2.24, 2.45) is 0 Å². The molecule has 2 aromatic rings. The van der Waals surface area contributed by atoms with Crippen molar-refractivity contribution in [1.29, 1.82) is 0 Å². The highest BCUT2D eigenvalue weighted by Crippen LogP contribution is 2.30. The number of carbonyl (C=O) groups excluding carboxylic acids is 1. The van der Waals surface area contributed by atoms with Crippen LogP contribution in [-0.2, 0) is 6.54 Å². The van der Waals surface area contributed by atoms with E-state index in [0.717, 1.165) is 18.4 Å². The van der Waals surface area contributed by atoms with Crippen molar-refractivity contribution >= 4 is 11.9 Å². The van der Waals surface area contributed by atoms with Crippen molar-refractivity contribution in [3.8, 4) is 0 Å². The summed E-state index contributed by atoms with van der Waals surface area (Å²) in [5, 5.41) is 9.11. The third-order valence-corrected chi connectivity index (χ3v) is 4.71. The minimum atomic E-state index is -1.03. The Morgan fingerprint density at radius 3 is 2.40 bits per heavy atom. The van der Waals surface area contributed by atoms with Gasteiger partial charge in [-0.25, -0.2) is 9.78 Å². The van der Waals surface area contributed by atoms with E-state index in [9.17, 15) is 9.59 Å². The van der Waals surface area contributed by atoms with Gasteiger partial charge in [0.2, 0.25) is 0 Å². The molecule has 1 aliphatic carbocycles. The Labute approximate surface area is 147 Å². The molecule has 1 fully saturated rings. The second-order valence-corrected chi connectivity index (χ2v) is 6.72. The summed E-state index contributed by atoms with van der Waals surface area (Å²) in [6, 6.07) is 9.45. The smallest absolute Gasteiger partial charge is 0.337 e. The molecule has 0 spiro atoms. The monoisotopic (exact) mass is 338 g/mol. The topological polar surface area (TPSA) is 70.5 Å². The Morgan fingerprint density at radius 2 is 1.84 bits per heavy atom. The van der Waals surface area contributed by atoms with Crippen molar-refractivity contribution in [2.75, 3.05) is 0 Å². The molecule has 130 valence electrons. The molecule has 5 heteroatoms. The summed E-state index contributed by atoms with van der Waals surface area (Å²) in [5.41, 5.74) is 4.33. The molecule has 1 heterocycles. The summed E-state index contributed by atoms with van der Waals surface area (Å²) < 4.78 is 0. The fourth-order valence-electron chi connectivity index (χ4n) is 2.90. The van der Waals surface area contributed by atoms with E-state index in [1.54, 1.807) is 6.92 Å². The van der Waals surface area contributed by atoms with Crippen LogP contribution in [-0.4, -0.2) is 32.9 Å². The number of amides is 1. The molecule has 1 aromatic carbocycles. The number of rotatable bonds is 5. The molecule has 0 atom stereocenters. The number of aromatic carboxylic acids is 1.